The van der Waals surface area contributed by atoms with Gasteiger partial charge in [0.15, 0.2) is 11.6 Å². The lowest BCUT2D eigenvalue weighted by atomic mass is 10.0. The molecular formula is C17H17F2NO2. The number of amides is 1. The summed E-state index contributed by atoms with van der Waals surface area (Å²) in [4.78, 5) is 12.1. The molecule has 1 amide bonds. The largest absolute Gasteiger partial charge is 0.396 e. The second-order valence-electron chi connectivity index (χ2n) is 4.93. The van der Waals surface area contributed by atoms with Crippen LogP contribution in [0.2, 0.25) is 0 Å². The van der Waals surface area contributed by atoms with Gasteiger partial charge in [-0.15, -0.1) is 0 Å². The Bertz CT molecular complexity index is 632. The number of carbonyl (C=O) groups excluding carboxylic acids is 1. The quantitative estimate of drug-likeness (QED) is 0.862. The lowest BCUT2D eigenvalue weighted by Crippen LogP contribution is -2.30. The summed E-state index contributed by atoms with van der Waals surface area (Å²) < 4.78 is 26.7. The van der Waals surface area contributed by atoms with Crippen molar-refractivity contribution >= 4 is 5.91 Å². The van der Waals surface area contributed by atoms with Crippen molar-refractivity contribution in [3.8, 4) is 0 Å². The van der Waals surface area contributed by atoms with E-state index in [2.05, 4.69) is 5.32 Å². The first-order valence-corrected chi connectivity index (χ1v) is 7.00. The van der Waals surface area contributed by atoms with Gasteiger partial charge in [-0.2, -0.15) is 0 Å². The average molecular weight is 305 g/mol. The van der Waals surface area contributed by atoms with Gasteiger partial charge in [-0.05, 0) is 18.1 Å². The summed E-state index contributed by atoms with van der Waals surface area (Å²) >= 11 is 0. The zero-order valence-electron chi connectivity index (χ0n) is 11.9. The first-order valence-electron chi connectivity index (χ1n) is 7.00. The van der Waals surface area contributed by atoms with Crippen LogP contribution < -0.4 is 5.32 Å². The molecule has 5 heteroatoms. The molecule has 116 valence electrons. The maximum Gasteiger partial charge on any atom is 0.225 e. The van der Waals surface area contributed by atoms with Gasteiger partial charge in [0.2, 0.25) is 5.91 Å². The van der Waals surface area contributed by atoms with E-state index in [1.807, 2.05) is 30.3 Å². The molecule has 1 unspecified atom stereocenters. The molecule has 0 saturated carbocycles. The van der Waals surface area contributed by atoms with E-state index in [0.717, 1.165) is 11.6 Å². The summed E-state index contributed by atoms with van der Waals surface area (Å²) in [6.07, 6.45) is 0.0970. The van der Waals surface area contributed by atoms with Gasteiger partial charge in [-0.1, -0.05) is 42.5 Å². The van der Waals surface area contributed by atoms with Gasteiger partial charge in [0.25, 0.3) is 0 Å². The van der Waals surface area contributed by atoms with E-state index < -0.39 is 17.5 Å². The molecule has 22 heavy (non-hydrogen) atoms. The lowest BCUT2D eigenvalue weighted by molar-refractivity contribution is -0.121. The summed E-state index contributed by atoms with van der Waals surface area (Å²) in [6.45, 7) is -0.0891. The van der Waals surface area contributed by atoms with Crippen molar-refractivity contribution < 1.29 is 18.7 Å². The second kappa shape index (κ2) is 7.66. The Morgan fingerprint density at radius 1 is 1.09 bits per heavy atom. The minimum absolute atomic E-state index is 0.00769. The average Bonchev–Trinajstić information content (AvgIpc) is 2.52. The van der Waals surface area contributed by atoms with Crippen molar-refractivity contribution in [2.24, 2.45) is 0 Å². The number of aliphatic hydroxyl groups excluding tert-OH is 1. The highest BCUT2D eigenvalue weighted by Gasteiger charge is 2.16. The molecule has 2 aromatic rings. The van der Waals surface area contributed by atoms with Crippen LogP contribution in [0.3, 0.4) is 0 Å². The summed E-state index contributed by atoms with van der Waals surface area (Å²) in [5, 5.41) is 11.9. The Kier molecular flexibility index (Phi) is 5.61. The zero-order valence-corrected chi connectivity index (χ0v) is 11.9. The van der Waals surface area contributed by atoms with Crippen molar-refractivity contribution in [3.63, 3.8) is 0 Å². The van der Waals surface area contributed by atoms with E-state index in [1.54, 1.807) is 0 Å². The third-order valence-electron chi connectivity index (χ3n) is 3.34. The van der Waals surface area contributed by atoms with Crippen molar-refractivity contribution in [2.75, 3.05) is 6.61 Å². The van der Waals surface area contributed by atoms with Gasteiger partial charge in [0, 0.05) is 12.2 Å². The molecule has 2 aromatic carbocycles. The molecule has 0 aliphatic carbocycles. The fourth-order valence-electron chi connectivity index (χ4n) is 2.24. The minimum atomic E-state index is -1.00. The number of halogens is 2. The second-order valence-corrected chi connectivity index (χ2v) is 4.93. The summed E-state index contributed by atoms with van der Waals surface area (Å²) in [5.41, 5.74) is 0.859. The first-order chi connectivity index (χ1) is 10.6. The van der Waals surface area contributed by atoms with Crippen molar-refractivity contribution in [1.29, 1.82) is 0 Å². The van der Waals surface area contributed by atoms with Gasteiger partial charge < -0.3 is 10.4 Å². The molecule has 0 radical (unpaired) electrons. The Balaban J connectivity index is 2.07. The summed E-state index contributed by atoms with van der Waals surface area (Å²) in [5.74, 6) is -2.40. The Morgan fingerprint density at radius 3 is 2.50 bits per heavy atom. The predicted octanol–water partition coefficient (Wildman–Crippen LogP) is 2.75. The highest BCUT2D eigenvalue weighted by molar-refractivity contribution is 5.79. The molecule has 0 saturated heterocycles. The SMILES string of the molecule is O=C(Cc1cccc(F)c1F)NC(CCO)c1ccccc1. The van der Waals surface area contributed by atoms with Crippen LogP contribution in [0.5, 0.6) is 0 Å². The Labute approximate surface area is 127 Å². The summed E-state index contributed by atoms with van der Waals surface area (Å²) in [7, 11) is 0. The number of carbonyl (C=O) groups is 1. The molecular weight excluding hydrogens is 288 g/mol. The third-order valence-corrected chi connectivity index (χ3v) is 3.34. The fraction of sp³-hybridized carbons (Fsp3) is 0.235. The molecule has 3 nitrogen and oxygen atoms in total. The van der Waals surface area contributed by atoms with Gasteiger partial charge in [-0.25, -0.2) is 8.78 Å². The van der Waals surface area contributed by atoms with Crippen molar-refractivity contribution in [3.05, 3.63) is 71.3 Å². The van der Waals surface area contributed by atoms with E-state index in [4.69, 9.17) is 5.11 Å². The molecule has 0 aromatic heterocycles. The molecule has 2 rings (SSSR count). The predicted molar refractivity (Wildman–Crippen MR) is 79.1 cm³/mol. The number of nitrogens with one attached hydrogen (secondary N) is 1. The highest BCUT2D eigenvalue weighted by atomic mass is 19.2. The maximum atomic E-state index is 13.6. The number of rotatable bonds is 6. The normalized spacial score (nSPS) is 12.0. The first kappa shape index (κ1) is 16.1. The maximum absolute atomic E-state index is 13.6. The molecule has 0 heterocycles. The van der Waals surface area contributed by atoms with E-state index in [-0.39, 0.29) is 24.6 Å². The van der Waals surface area contributed by atoms with Gasteiger partial charge in [0.05, 0.1) is 12.5 Å². The highest BCUT2D eigenvalue weighted by Crippen LogP contribution is 2.17. The molecule has 2 N–H and O–H groups in total. The van der Waals surface area contributed by atoms with Crippen LogP contribution in [0.25, 0.3) is 0 Å². The van der Waals surface area contributed by atoms with Gasteiger partial charge >= 0.3 is 0 Å². The summed E-state index contributed by atoms with van der Waals surface area (Å²) in [6, 6.07) is 12.6. The minimum Gasteiger partial charge on any atom is -0.396 e. The molecule has 1 atom stereocenters. The monoisotopic (exact) mass is 305 g/mol. The molecule has 0 bridgehead atoms. The van der Waals surface area contributed by atoms with Crippen LogP contribution in [0.4, 0.5) is 8.78 Å². The zero-order chi connectivity index (χ0) is 15.9. The number of hydrogen-bond donors (Lipinski definition) is 2. The Hall–Kier alpha value is -2.27. The number of aliphatic hydroxyl groups is 1. The van der Waals surface area contributed by atoms with Crippen molar-refractivity contribution in [1.82, 2.24) is 5.32 Å². The number of hydrogen-bond acceptors (Lipinski definition) is 2. The molecule has 0 aliphatic heterocycles. The van der Waals surface area contributed by atoms with E-state index in [9.17, 15) is 13.6 Å². The van der Waals surface area contributed by atoms with Gasteiger partial charge in [0.1, 0.15) is 0 Å². The topological polar surface area (TPSA) is 49.3 Å². The third kappa shape index (κ3) is 4.11. The van der Waals surface area contributed by atoms with E-state index >= 15 is 0 Å². The standard InChI is InChI=1S/C17H17F2NO2/c18-14-8-4-7-13(17(14)19)11-16(22)20-15(9-10-21)12-5-2-1-3-6-12/h1-8,15,21H,9-11H2,(H,20,22). The Morgan fingerprint density at radius 2 is 1.82 bits per heavy atom. The number of benzene rings is 2. The van der Waals surface area contributed by atoms with E-state index in [1.165, 1.54) is 12.1 Å². The smallest absolute Gasteiger partial charge is 0.225 e. The van der Waals surface area contributed by atoms with Crippen LogP contribution in [-0.4, -0.2) is 17.6 Å². The molecule has 0 aliphatic rings. The molecule has 0 fully saturated rings. The molecule has 0 spiro atoms. The van der Waals surface area contributed by atoms with Crippen LogP contribution in [0, 0.1) is 11.6 Å². The van der Waals surface area contributed by atoms with Crippen molar-refractivity contribution in [2.45, 2.75) is 18.9 Å². The van der Waals surface area contributed by atoms with Gasteiger partial charge in [-0.3, -0.25) is 4.79 Å². The van der Waals surface area contributed by atoms with E-state index in [0.29, 0.717) is 6.42 Å². The fourth-order valence-corrected chi connectivity index (χ4v) is 2.24. The van der Waals surface area contributed by atoms with Crippen LogP contribution in [0.1, 0.15) is 23.6 Å². The van der Waals surface area contributed by atoms with Crippen LogP contribution >= 0.6 is 0 Å². The lowest BCUT2D eigenvalue weighted by Gasteiger charge is -2.18. The van der Waals surface area contributed by atoms with Crippen LogP contribution in [-0.2, 0) is 11.2 Å². The van der Waals surface area contributed by atoms with Crippen LogP contribution in [0.15, 0.2) is 48.5 Å².